The number of thiol groups is 1. The lowest BCUT2D eigenvalue weighted by atomic mass is 13.9. The molecule has 0 spiro atoms. The lowest BCUT2D eigenvalue weighted by molar-refractivity contribution is 0.942. The minimum Gasteiger partial charge on any atom is -0.156 e. The fourth-order valence-corrected chi connectivity index (χ4v) is 0. The molecule has 4 heteroatoms. The minimum absolute atomic E-state index is 0.611. The molecule has 0 aromatic carbocycles. The van der Waals surface area contributed by atoms with Crippen LogP contribution in [0.1, 0.15) is 0 Å². The largest absolute Gasteiger partial charge is 0.156 e. The van der Waals surface area contributed by atoms with E-state index in [0.717, 1.165) is 0 Å². The molecule has 0 atom stereocenters. The van der Waals surface area contributed by atoms with Gasteiger partial charge in [0.05, 0.1) is 11.9 Å². The van der Waals surface area contributed by atoms with Crippen molar-refractivity contribution in [1.29, 1.82) is 0 Å². The summed E-state index contributed by atoms with van der Waals surface area (Å²) in [6, 6.07) is 0. The van der Waals surface area contributed by atoms with Crippen LogP contribution in [0.5, 0.6) is 0 Å². The summed E-state index contributed by atoms with van der Waals surface area (Å²) in [7, 11) is 0. The van der Waals surface area contributed by atoms with Crippen LogP contribution in [0.4, 0.5) is 3.89 Å². The predicted molar refractivity (Wildman–Crippen MR) is 18.1 cm³/mol. The average molecular weight is 102 g/mol. The maximum absolute atomic E-state index is 10.4. The lowest BCUT2D eigenvalue weighted by Crippen LogP contribution is -1.20. The molecule has 0 saturated heterocycles. The first-order valence-corrected chi connectivity index (χ1v) is 1.61. The molecule has 0 saturated carbocycles. The first kappa shape index (κ1) is 4.37. The van der Waals surface area contributed by atoms with Gasteiger partial charge in [-0.15, -0.1) is 3.88 Å². The Labute approximate surface area is 32.3 Å². The highest BCUT2D eigenvalue weighted by molar-refractivity contribution is 7.63. The molecule has 0 unspecified atom stereocenters. The molecular formula is HClFNS. The summed E-state index contributed by atoms with van der Waals surface area (Å²) in [6.45, 7) is 0. The summed E-state index contributed by atoms with van der Waals surface area (Å²) in [5.74, 6) is 0. The molecule has 4 heavy (non-hydrogen) atoms. The molecule has 1 nitrogen and oxygen atoms in total. The Morgan fingerprint density at radius 3 is 2.25 bits per heavy atom. The van der Waals surface area contributed by atoms with Crippen LogP contribution in [0.2, 0.25) is 0 Å². The van der Waals surface area contributed by atoms with Crippen LogP contribution in [0.25, 0.3) is 0 Å². The van der Waals surface area contributed by atoms with E-state index in [0.29, 0.717) is 0 Å². The van der Waals surface area contributed by atoms with Crippen LogP contribution in [-0.2, 0) is 11.9 Å². The van der Waals surface area contributed by atoms with Crippen LogP contribution in [0.15, 0.2) is 3.88 Å². The van der Waals surface area contributed by atoms with Crippen molar-refractivity contribution in [2.24, 2.45) is 3.88 Å². The van der Waals surface area contributed by atoms with Crippen molar-refractivity contribution in [3.8, 4) is 0 Å². The van der Waals surface area contributed by atoms with E-state index < -0.39 is 11.9 Å². The van der Waals surface area contributed by atoms with Crippen molar-refractivity contribution in [3.05, 3.63) is 0 Å². The highest BCUT2D eigenvalue weighted by Gasteiger charge is 1.39. The summed E-state index contributed by atoms with van der Waals surface area (Å²) in [4.78, 5) is 0. The summed E-state index contributed by atoms with van der Waals surface area (Å²) >= 11 is 3.81. The zero-order valence-electron chi connectivity index (χ0n) is 1.65. The molecule has 0 bridgehead atoms. The zero-order chi connectivity index (χ0) is 3.41. The van der Waals surface area contributed by atoms with Crippen LogP contribution in [0, 0.1) is 0 Å². The van der Waals surface area contributed by atoms with Crippen molar-refractivity contribution in [3.63, 3.8) is 0 Å². The van der Waals surface area contributed by atoms with E-state index in [2.05, 4.69) is 15.7 Å². The number of halogens is 2. The normalized spacial score (nSPS) is 11.5. The van der Waals surface area contributed by atoms with Gasteiger partial charge in [0.2, 0.25) is 0 Å². The van der Waals surface area contributed by atoms with Gasteiger partial charge in [0.15, 0.2) is 0 Å². The molecule has 0 aliphatic heterocycles. The number of rotatable bonds is 0. The number of nitrogens with zero attached hydrogens (tertiary/aromatic N) is 1. The van der Waals surface area contributed by atoms with Gasteiger partial charge < -0.3 is 0 Å². The lowest BCUT2D eigenvalue weighted by Gasteiger charge is -1.45. The zero-order valence-corrected chi connectivity index (χ0v) is 3.30. The fraction of sp³-hybridized carbons (Fsp3) is 0. The highest BCUT2D eigenvalue weighted by atomic mass is 35.5. The summed E-state index contributed by atoms with van der Waals surface area (Å²) in [5.41, 5.74) is 0. The molecule has 0 aromatic rings. The first-order chi connectivity index (χ1) is 1.91. The molecule has 0 radical (unpaired) electrons. The van der Waals surface area contributed by atoms with Crippen molar-refractivity contribution in [2.75, 3.05) is 0 Å². The van der Waals surface area contributed by atoms with E-state index >= 15 is 0 Å². The number of hydrogen-bond acceptors (Lipinski definition) is 1. The molecule has 0 rings (SSSR count). The van der Waals surface area contributed by atoms with Crippen molar-refractivity contribution >= 4 is 23.7 Å². The smallest absolute Gasteiger partial charge is 0.0822 e. The van der Waals surface area contributed by atoms with Gasteiger partial charge in [-0.25, -0.2) is 0 Å². The predicted octanol–water partition coefficient (Wildman–Crippen LogP) is 1.02. The maximum Gasteiger partial charge on any atom is 0.0822 e. The molecule has 0 heterocycles. The molecule has 26 valence electrons. The molecule has 0 aliphatic carbocycles. The average Bonchev–Trinajstić information content (AvgIpc) is 1.37. The monoisotopic (exact) mass is 101 g/mol. The van der Waals surface area contributed by atoms with E-state index in [1.165, 1.54) is 0 Å². The molecule has 0 aromatic heterocycles. The van der Waals surface area contributed by atoms with Gasteiger partial charge >= 0.3 is 0 Å². The SMILES string of the molecule is F[SH]=NCl. The van der Waals surface area contributed by atoms with E-state index in [1.54, 1.807) is 0 Å². The van der Waals surface area contributed by atoms with Gasteiger partial charge in [0.1, 0.15) is 0 Å². The minimum atomic E-state index is -0.611. The van der Waals surface area contributed by atoms with Crippen molar-refractivity contribution in [1.82, 2.24) is 0 Å². The summed E-state index contributed by atoms with van der Waals surface area (Å²) in [6.07, 6.45) is 0. The first-order valence-electron chi connectivity index (χ1n) is 0.538. The molecular weight excluding hydrogens is 101 g/mol. The van der Waals surface area contributed by atoms with Gasteiger partial charge in [-0.2, -0.15) is 3.89 Å². The van der Waals surface area contributed by atoms with Crippen LogP contribution < -0.4 is 0 Å². The second-order valence-electron chi connectivity index (χ2n) is 0.151. The molecule has 0 fully saturated rings. The van der Waals surface area contributed by atoms with Crippen molar-refractivity contribution < 1.29 is 3.89 Å². The van der Waals surface area contributed by atoms with Crippen molar-refractivity contribution in [2.45, 2.75) is 0 Å². The third-order valence-electron chi connectivity index (χ3n) is 0.0286. The van der Waals surface area contributed by atoms with Gasteiger partial charge in [-0.1, -0.05) is 0 Å². The van der Waals surface area contributed by atoms with Gasteiger partial charge in [-0.05, 0) is 0 Å². The maximum atomic E-state index is 10.4. The van der Waals surface area contributed by atoms with Gasteiger partial charge in [0.25, 0.3) is 0 Å². The van der Waals surface area contributed by atoms with E-state index in [4.69, 9.17) is 0 Å². The molecule has 0 amide bonds. The number of hydrogen-bond donors (Lipinski definition) is 1. The van der Waals surface area contributed by atoms with E-state index in [-0.39, 0.29) is 0 Å². The van der Waals surface area contributed by atoms with E-state index in [1.807, 2.05) is 0 Å². The Morgan fingerprint density at radius 1 is 2.00 bits per heavy atom. The summed E-state index contributed by atoms with van der Waals surface area (Å²) in [5, 5.41) is 0. The highest BCUT2D eigenvalue weighted by Crippen LogP contribution is 1.71. The third-order valence-corrected chi connectivity index (χ3v) is 0.257. The standard InChI is InChI=1S/ClFHNS/c1-3-4-2/h4H. The second-order valence-corrected chi connectivity index (χ2v) is 0.907. The molecule has 0 N–H and O–H groups in total. The van der Waals surface area contributed by atoms with Crippen LogP contribution in [-0.4, -0.2) is 0 Å². The fourth-order valence-electron chi connectivity index (χ4n) is 0. The topological polar surface area (TPSA) is 12.4 Å². The Bertz CT molecular complexity index is 23.2. The van der Waals surface area contributed by atoms with E-state index in [9.17, 15) is 3.89 Å². The van der Waals surface area contributed by atoms with Crippen LogP contribution >= 0.6 is 11.8 Å². The van der Waals surface area contributed by atoms with Gasteiger partial charge in [0, 0.05) is 11.8 Å². The quantitative estimate of drug-likeness (QED) is 0.438. The second kappa shape index (κ2) is 3.37. The Balaban J connectivity index is 2.55. The molecule has 0 aliphatic rings. The Hall–Kier alpha value is 0.370. The van der Waals surface area contributed by atoms with Crippen LogP contribution in [0.3, 0.4) is 0 Å². The third kappa shape index (κ3) is 2.37. The van der Waals surface area contributed by atoms with Gasteiger partial charge in [-0.3, -0.25) is 0 Å². The Kier molecular flexibility index (Phi) is 3.68. The summed E-state index contributed by atoms with van der Waals surface area (Å²) < 4.78 is 12.9. The Morgan fingerprint density at radius 2 is 2.25 bits per heavy atom.